The number of likely N-dealkylation sites (tertiary alicyclic amines) is 1. The van der Waals surface area contributed by atoms with Gasteiger partial charge in [-0.15, -0.1) is 0 Å². The second-order valence-corrected chi connectivity index (χ2v) is 7.96. The van der Waals surface area contributed by atoms with Gasteiger partial charge >= 0.3 is 18.0 Å². The molecule has 8 nitrogen and oxygen atoms in total. The van der Waals surface area contributed by atoms with E-state index in [4.69, 9.17) is 14.2 Å². The lowest BCUT2D eigenvalue weighted by atomic mass is 10.1. The van der Waals surface area contributed by atoms with Crippen LogP contribution in [0, 0.1) is 23.6 Å². The number of carbonyl (C=O) groups is 3. The van der Waals surface area contributed by atoms with Gasteiger partial charge in [-0.2, -0.15) is 0 Å². The van der Waals surface area contributed by atoms with E-state index >= 15 is 0 Å². The summed E-state index contributed by atoms with van der Waals surface area (Å²) in [7, 11) is 0. The second-order valence-electron chi connectivity index (χ2n) is 7.96. The smallest absolute Gasteiger partial charge is 0.413 e. The summed E-state index contributed by atoms with van der Waals surface area (Å²) in [6.07, 6.45) is -1.83. The van der Waals surface area contributed by atoms with Crippen LogP contribution in [-0.4, -0.2) is 53.5 Å². The molecule has 0 aromatic heterocycles. The minimum atomic E-state index is -1.17. The van der Waals surface area contributed by atoms with Crippen LogP contribution in [-0.2, 0) is 19.1 Å². The molecule has 3 atom stereocenters. The van der Waals surface area contributed by atoms with Crippen molar-refractivity contribution in [2.45, 2.75) is 46.4 Å². The molecule has 1 N–H and O–H groups in total. The predicted molar refractivity (Wildman–Crippen MR) is 104 cm³/mol. The molecule has 1 aromatic rings. The first-order valence-corrected chi connectivity index (χ1v) is 9.87. The van der Waals surface area contributed by atoms with Gasteiger partial charge in [-0.05, 0) is 18.6 Å². The number of carbonyl (C=O) groups excluding carboxylic acids is 2. The molecule has 1 saturated heterocycles. The molecule has 9 heteroatoms. The summed E-state index contributed by atoms with van der Waals surface area (Å²) in [6.45, 7) is 6.97. The molecule has 1 aliphatic rings. The lowest BCUT2D eigenvalue weighted by Gasteiger charge is -2.27. The van der Waals surface area contributed by atoms with E-state index in [0.717, 1.165) is 4.90 Å². The van der Waals surface area contributed by atoms with Crippen molar-refractivity contribution in [1.29, 1.82) is 0 Å². The Morgan fingerprint density at radius 2 is 1.90 bits per heavy atom. The number of benzene rings is 1. The van der Waals surface area contributed by atoms with E-state index in [1.165, 1.54) is 18.2 Å². The standard InChI is InChI=1S/C21H28FNO7/c1-12(2)19(26)29-20(13(3)4)30-21(27)23-10-14(8-17(23)18(24)25)11-28-16-7-5-6-15(22)9-16/h5-7,9,12-14,17,20H,8,10-11H2,1-4H3,(H,24,25)/t14-,17-,20+/m0/s1. The molecule has 0 radical (unpaired) electrons. The highest BCUT2D eigenvalue weighted by atomic mass is 19.1. The van der Waals surface area contributed by atoms with Gasteiger partial charge in [-0.25, -0.2) is 14.0 Å². The summed E-state index contributed by atoms with van der Waals surface area (Å²) < 4.78 is 29.4. The first-order chi connectivity index (χ1) is 14.1. The van der Waals surface area contributed by atoms with Crippen molar-refractivity contribution in [3.63, 3.8) is 0 Å². The van der Waals surface area contributed by atoms with E-state index in [1.54, 1.807) is 33.8 Å². The van der Waals surface area contributed by atoms with E-state index in [9.17, 15) is 23.9 Å². The highest BCUT2D eigenvalue weighted by Gasteiger charge is 2.42. The fourth-order valence-corrected chi connectivity index (χ4v) is 2.96. The maximum atomic E-state index is 13.3. The van der Waals surface area contributed by atoms with Crippen LogP contribution in [0.5, 0.6) is 5.75 Å². The maximum Gasteiger partial charge on any atom is 0.413 e. The minimum absolute atomic E-state index is 0.0913. The number of carboxylic acid groups (broad SMARTS) is 1. The Bertz CT molecular complexity index is 767. The van der Waals surface area contributed by atoms with Gasteiger partial charge in [0.25, 0.3) is 6.29 Å². The third kappa shape index (κ3) is 6.33. The maximum absolute atomic E-state index is 13.3. The van der Waals surface area contributed by atoms with Crippen molar-refractivity contribution >= 4 is 18.0 Å². The summed E-state index contributed by atoms with van der Waals surface area (Å²) in [5, 5.41) is 9.51. The zero-order valence-corrected chi connectivity index (χ0v) is 17.5. The molecule has 166 valence electrons. The molecule has 30 heavy (non-hydrogen) atoms. The average molecular weight is 425 g/mol. The fraction of sp³-hybridized carbons (Fsp3) is 0.571. The Balaban J connectivity index is 2.01. The predicted octanol–water partition coefficient (Wildman–Crippen LogP) is 3.30. The average Bonchev–Trinajstić information content (AvgIpc) is 3.10. The fourth-order valence-electron chi connectivity index (χ4n) is 2.96. The molecule has 0 aliphatic carbocycles. The van der Waals surface area contributed by atoms with Gasteiger partial charge in [0.15, 0.2) is 0 Å². The Kier molecular flexibility index (Phi) is 8.02. The highest BCUT2D eigenvalue weighted by Crippen LogP contribution is 2.27. The van der Waals surface area contributed by atoms with E-state index in [2.05, 4.69) is 0 Å². The van der Waals surface area contributed by atoms with Crippen LogP contribution >= 0.6 is 0 Å². The minimum Gasteiger partial charge on any atom is -0.493 e. The summed E-state index contributed by atoms with van der Waals surface area (Å²) in [5.74, 6) is -2.79. The number of ether oxygens (including phenoxy) is 3. The molecule has 1 aromatic carbocycles. The molecule has 0 spiro atoms. The molecular formula is C21H28FNO7. The number of amides is 1. The normalized spacial score (nSPS) is 19.6. The number of rotatable bonds is 8. The Morgan fingerprint density at radius 3 is 2.47 bits per heavy atom. The zero-order valence-electron chi connectivity index (χ0n) is 17.5. The first-order valence-electron chi connectivity index (χ1n) is 9.87. The zero-order chi connectivity index (χ0) is 22.4. The van der Waals surface area contributed by atoms with E-state index in [-0.39, 0.29) is 31.4 Å². The Hall–Kier alpha value is -2.84. The van der Waals surface area contributed by atoms with Crippen LogP contribution in [0.25, 0.3) is 0 Å². The van der Waals surface area contributed by atoms with E-state index in [0.29, 0.717) is 5.75 Å². The summed E-state index contributed by atoms with van der Waals surface area (Å²) in [6, 6.07) is 4.53. The van der Waals surface area contributed by atoms with Gasteiger partial charge in [-0.1, -0.05) is 33.8 Å². The molecule has 1 heterocycles. The van der Waals surface area contributed by atoms with E-state index in [1.807, 2.05) is 0 Å². The van der Waals surface area contributed by atoms with Crippen molar-refractivity contribution < 1.29 is 38.1 Å². The molecule has 1 fully saturated rings. The van der Waals surface area contributed by atoms with Crippen LogP contribution in [0.4, 0.5) is 9.18 Å². The molecule has 0 bridgehead atoms. The lowest BCUT2D eigenvalue weighted by Crippen LogP contribution is -2.43. The Morgan fingerprint density at radius 1 is 1.20 bits per heavy atom. The second kappa shape index (κ2) is 10.3. The van der Waals surface area contributed by atoms with Gasteiger partial charge < -0.3 is 19.3 Å². The molecule has 2 rings (SSSR count). The van der Waals surface area contributed by atoms with Crippen LogP contribution in [0.15, 0.2) is 24.3 Å². The molecule has 1 aliphatic heterocycles. The topological polar surface area (TPSA) is 102 Å². The number of hydrogen-bond acceptors (Lipinski definition) is 6. The van der Waals surface area contributed by atoms with Gasteiger partial charge in [-0.3, -0.25) is 9.69 Å². The van der Waals surface area contributed by atoms with Gasteiger partial charge in [0.2, 0.25) is 0 Å². The van der Waals surface area contributed by atoms with Crippen molar-refractivity contribution in [1.82, 2.24) is 4.90 Å². The summed E-state index contributed by atoms with van der Waals surface area (Å²) >= 11 is 0. The number of carboxylic acids is 1. The number of aliphatic carboxylic acids is 1. The molecule has 0 saturated carbocycles. The van der Waals surface area contributed by atoms with Crippen LogP contribution in [0.1, 0.15) is 34.1 Å². The summed E-state index contributed by atoms with van der Waals surface area (Å²) in [4.78, 5) is 37.3. The molecule has 0 unspecified atom stereocenters. The largest absolute Gasteiger partial charge is 0.493 e. The monoisotopic (exact) mass is 425 g/mol. The van der Waals surface area contributed by atoms with E-state index < -0.39 is 42.1 Å². The Labute approximate surface area is 174 Å². The number of nitrogens with zero attached hydrogens (tertiary/aromatic N) is 1. The van der Waals surface area contributed by atoms with Crippen LogP contribution in [0.2, 0.25) is 0 Å². The SMILES string of the molecule is CC(C)C(=O)O[C@H](OC(=O)N1C[C@@H](COc2cccc(F)c2)C[C@H]1C(=O)O)C(C)C. The number of esters is 1. The number of hydrogen-bond donors (Lipinski definition) is 1. The van der Waals surface area contributed by atoms with Gasteiger partial charge in [0.05, 0.1) is 12.5 Å². The summed E-state index contributed by atoms with van der Waals surface area (Å²) in [5.41, 5.74) is 0. The lowest BCUT2D eigenvalue weighted by molar-refractivity contribution is -0.181. The highest BCUT2D eigenvalue weighted by molar-refractivity contribution is 5.81. The van der Waals surface area contributed by atoms with Crippen molar-refractivity contribution in [3.05, 3.63) is 30.1 Å². The van der Waals surface area contributed by atoms with Crippen LogP contribution < -0.4 is 4.74 Å². The third-order valence-corrected chi connectivity index (χ3v) is 4.65. The first kappa shape index (κ1) is 23.4. The number of halogens is 1. The van der Waals surface area contributed by atoms with Gasteiger partial charge in [0.1, 0.15) is 17.6 Å². The molecular weight excluding hydrogens is 397 g/mol. The quantitative estimate of drug-likeness (QED) is 0.504. The van der Waals surface area contributed by atoms with Crippen molar-refractivity contribution in [2.75, 3.05) is 13.2 Å². The molecule has 1 amide bonds. The van der Waals surface area contributed by atoms with Crippen LogP contribution in [0.3, 0.4) is 0 Å². The van der Waals surface area contributed by atoms with Gasteiger partial charge in [0, 0.05) is 24.4 Å². The van der Waals surface area contributed by atoms with Crippen molar-refractivity contribution in [3.8, 4) is 5.75 Å². The van der Waals surface area contributed by atoms with Crippen molar-refractivity contribution in [2.24, 2.45) is 17.8 Å². The third-order valence-electron chi connectivity index (χ3n) is 4.65.